The van der Waals surface area contributed by atoms with E-state index >= 15 is 0 Å². The Kier molecular flexibility index (Phi) is 6.75. The van der Waals surface area contributed by atoms with Crippen molar-refractivity contribution in [3.05, 3.63) is 10.6 Å². The van der Waals surface area contributed by atoms with E-state index in [2.05, 4.69) is 14.5 Å². The molecular weight excluding hydrogens is 340 g/mol. The van der Waals surface area contributed by atoms with Crippen molar-refractivity contribution in [2.45, 2.75) is 38.6 Å². The zero-order valence-corrected chi connectivity index (χ0v) is 15.7. The largest absolute Gasteiger partial charge is 0.396 e. The Bertz CT molecular complexity index is 562. The van der Waals surface area contributed by atoms with Crippen LogP contribution in [0.4, 0.5) is 0 Å². The van der Waals surface area contributed by atoms with E-state index in [1.807, 2.05) is 11.8 Å². The van der Waals surface area contributed by atoms with Crippen LogP contribution in [-0.2, 0) is 11.2 Å². The van der Waals surface area contributed by atoms with E-state index in [1.54, 1.807) is 0 Å². The summed E-state index contributed by atoms with van der Waals surface area (Å²) in [4.78, 5) is 18.1. The molecule has 2 atom stereocenters. The molecule has 2 aliphatic rings. The Morgan fingerprint density at radius 1 is 1.36 bits per heavy atom. The number of likely N-dealkylation sites (tertiary alicyclic amines) is 1. The predicted octanol–water partition coefficient (Wildman–Crippen LogP) is 1.04. The van der Waals surface area contributed by atoms with Crippen molar-refractivity contribution in [1.82, 2.24) is 19.4 Å². The molecular formula is C17H28N4O3S. The lowest BCUT2D eigenvalue weighted by Crippen LogP contribution is -2.55. The fourth-order valence-corrected chi connectivity index (χ4v) is 4.70. The molecule has 3 rings (SSSR count). The zero-order chi connectivity index (χ0) is 17.6. The van der Waals surface area contributed by atoms with Gasteiger partial charge < -0.3 is 14.7 Å². The van der Waals surface area contributed by atoms with Crippen molar-refractivity contribution in [3.63, 3.8) is 0 Å². The van der Waals surface area contributed by atoms with E-state index in [0.29, 0.717) is 16.8 Å². The van der Waals surface area contributed by atoms with Gasteiger partial charge in [0.05, 0.1) is 18.9 Å². The molecule has 3 heterocycles. The summed E-state index contributed by atoms with van der Waals surface area (Å²) in [6.07, 6.45) is 3.45. The molecule has 1 aromatic rings. The first-order valence-corrected chi connectivity index (χ1v) is 10.0. The minimum atomic E-state index is 0.0706. The molecule has 0 aliphatic carbocycles. The number of aliphatic hydroxyl groups is 1. The van der Waals surface area contributed by atoms with Gasteiger partial charge in [0.25, 0.3) is 5.91 Å². The Hall–Kier alpha value is -1.09. The number of hydrogen-bond acceptors (Lipinski definition) is 7. The molecule has 7 nitrogen and oxygen atoms in total. The van der Waals surface area contributed by atoms with Crippen LogP contribution in [0, 0.1) is 5.92 Å². The van der Waals surface area contributed by atoms with Gasteiger partial charge in [0.1, 0.15) is 4.88 Å². The highest BCUT2D eigenvalue weighted by Crippen LogP contribution is 2.28. The van der Waals surface area contributed by atoms with Crippen LogP contribution in [0.1, 0.15) is 41.6 Å². The maximum Gasteiger partial charge on any atom is 0.267 e. The normalized spacial score (nSPS) is 25.3. The van der Waals surface area contributed by atoms with Gasteiger partial charge in [-0.3, -0.25) is 9.69 Å². The number of rotatable bonds is 6. The van der Waals surface area contributed by atoms with Gasteiger partial charge in [-0.05, 0) is 43.1 Å². The minimum Gasteiger partial charge on any atom is -0.396 e. The highest BCUT2D eigenvalue weighted by Gasteiger charge is 2.36. The molecule has 2 fully saturated rings. The molecule has 8 heteroatoms. The van der Waals surface area contributed by atoms with Crippen molar-refractivity contribution >= 4 is 17.4 Å². The number of nitrogens with zero attached hydrogens (tertiary/aromatic N) is 4. The van der Waals surface area contributed by atoms with Crippen LogP contribution in [-0.4, -0.2) is 82.4 Å². The van der Waals surface area contributed by atoms with Gasteiger partial charge in [0, 0.05) is 38.8 Å². The summed E-state index contributed by atoms with van der Waals surface area (Å²) < 4.78 is 9.44. The van der Waals surface area contributed by atoms with Gasteiger partial charge >= 0.3 is 0 Å². The number of hydrogen-bond donors (Lipinski definition) is 1. The Morgan fingerprint density at radius 3 is 2.88 bits per heavy atom. The van der Waals surface area contributed by atoms with Crippen LogP contribution in [0.3, 0.4) is 0 Å². The summed E-state index contributed by atoms with van der Waals surface area (Å²) in [5.41, 5.74) is 0.803. The lowest BCUT2D eigenvalue weighted by Gasteiger charge is -2.45. The molecule has 140 valence electrons. The van der Waals surface area contributed by atoms with Gasteiger partial charge in [-0.25, -0.2) is 0 Å². The first-order valence-electron chi connectivity index (χ1n) is 9.27. The van der Waals surface area contributed by atoms with Crippen molar-refractivity contribution in [3.8, 4) is 0 Å². The second-order valence-electron chi connectivity index (χ2n) is 6.78. The van der Waals surface area contributed by atoms with Gasteiger partial charge in [0.2, 0.25) is 0 Å². The van der Waals surface area contributed by atoms with Crippen LogP contribution in [0.5, 0.6) is 0 Å². The SMILES string of the molecule is CCc1nnsc1C(=O)N1CC[C@H](N2CCOCC2)[C@H](CCCO)C1. The fraction of sp³-hybridized carbons (Fsp3) is 0.824. The summed E-state index contributed by atoms with van der Waals surface area (Å²) in [5, 5.41) is 13.3. The number of ether oxygens (including phenoxy) is 1. The molecule has 0 unspecified atom stereocenters. The van der Waals surface area contributed by atoms with Gasteiger partial charge in [-0.1, -0.05) is 11.4 Å². The molecule has 1 amide bonds. The predicted molar refractivity (Wildman–Crippen MR) is 95.8 cm³/mol. The molecule has 0 spiro atoms. The minimum absolute atomic E-state index is 0.0706. The Morgan fingerprint density at radius 2 is 2.16 bits per heavy atom. The third-order valence-electron chi connectivity index (χ3n) is 5.31. The molecule has 0 radical (unpaired) electrons. The highest BCUT2D eigenvalue weighted by atomic mass is 32.1. The number of amides is 1. The van der Waals surface area contributed by atoms with Crippen molar-refractivity contribution in [2.24, 2.45) is 5.92 Å². The van der Waals surface area contributed by atoms with E-state index in [9.17, 15) is 9.90 Å². The van der Waals surface area contributed by atoms with Crippen LogP contribution in [0.2, 0.25) is 0 Å². The molecule has 0 saturated carbocycles. The Labute approximate surface area is 153 Å². The number of carbonyl (C=O) groups is 1. The maximum atomic E-state index is 12.9. The number of piperidine rings is 1. The standard InChI is InChI=1S/C17H28N4O3S/c1-2-14-16(25-19-18-14)17(23)21-6-5-15(13(12-21)4-3-9-22)20-7-10-24-11-8-20/h13,15,22H,2-12H2,1H3/t13-,15+/m1/s1. The smallest absolute Gasteiger partial charge is 0.267 e. The average molecular weight is 369 g/mol. The summed E-state index contributed by atoms with van der Waals surface area (Å²) in [6.45, 7) is 7.25. The molecule has 2 saturated heterocycles. The van der Waals surface area contributed by atoms with E-state index in [0.717, 1.165) is 70.8 Å². The summed E-state index contributed by atoms with van der Waals surface area (Å²) in [5.74, 6) is 0.468. The molecule has 1 N–H and O–H groups in total. The topological polar surface area (TPSA) is 78.8 Å². The quantitative estimate of drug-likeness (QED) is 0.808. The van der Waals surface area contributed by atoms with E-state index < -0.39 is 0 Å². The van der Waals surface area contributed by atoms with Gasteiger partial charge in [-0.15, -0.1) is 5.10 Å². The molecule has 25 heavy (non-hydrogen) atoms. The molecule has 1 aromatic heterocycles. The van der Waals surface area contributed by atoms with Crippen molar-refractivity contribution < 1.29 is 14.6 Å². The monoisotopic (exact) mass is 368 g/mol. The third-order valence-corrected chi connectivity index (χ3v) is 6.07. The van der Waals surface area contributed by atoms with Crippen molar-refractivity contribution in [2.75, 3.05) is 46.0 Å². The maximum absolute atomic E-state index is 12.9. The van der Waals surface area contributed by atoms with Crippen LogP contribution in [0.25, 0.3) is 0 Å². The second kappa shape index (κ2) is 9.02. The molecule has 0 bridgehead atoms. The molecule has 2 aliphatic heterocycles. The number of aliphatic hydroxyl groups excluding tert-OH is 1. The average Bonchev–Trinajstić information content (AvgIpc) is 3.15. The van der Waals surface area contributed by atoms with Crippen LogP contribution < -0.4 is 0 Å². The summed E-state index contributed by atoms with van der Waals surface area (Å²) in [7, 11) is 0. The van der Waals surface area contributed by atoms with E-state index in [-0.39, 0.29) is 12.5 Å². The lowest BCUT2D eigenvalue weighted by molar-refractivity contribution is -0.0196. The first kappa shape index (κ1) is 18.7. The first-order chi connectivity index (χ1) is 12.2. The number of morpholine rings is 1. The van der Waals surface area contributed by atoms with Gasteiger partial charge in [0.15, 0.2) is 0 Å². The molecule has 0 aromatic carbocycles. The van der Waals surface area contributed by atoms with Crippen LogP contribution >= 0.6 is 11.5 Å². The zero-order valence-electron chi connectivity index (χ0n) is 14.9. The highest BCUT2D eigenvalue weighted by molar-refractivity contribution is 7.08. The third kappa shape index (κ3) is 4.36. The number of aryl methyl sites for hydroxylation is 1. The summed E-state index contributed by atoms with van der Waals surface area (Å²) >= 11 is 1.20. The summed E-state index contributed by atoms with van der Waals surface area (Å²) in [6, 6.07) is 0.477. The van der Waals surface area contributed by atoms with Gasteiger partial charge in [-0.2, -0.15) is 0 Å². The van der Waals surface area contributed by atoms with E-state index in [4.69, 9.17) is 4.74 Å². The number of aromatic nitrogens is 2. The Balaban J connectivity index is 1.69. The van der Waals surface area contributed by atoms with Crippen molar-refractivity contribution in [1.29, 1.82) is 0 Å². The van der Waals surface area contributed by atoms with E-state index in [1.165, 1.54) is 11.5 Å². The number of carbonyl (C=O) groups excluding carboxylic acids is 1. The fourth-order valence-electron chi connectivity index (χ4n) is 3.98. The van der Waals surface area contributed by atoms with Crippen LogP contribution in [0.15, 0.2) is 0 Å². The second-order valence-corrected chi connectivity index (χ2v) is 7.54. The lowest BCUT2D eigenvalue weighted by atomic mass is 9.86.